The summed E-state index contributed by atoms with van der Waals surface area (Å²) < 4.78 is 1.20. The van der Waals surface area contributed by atoms with E-state index >= 15 is 0 Å². The van der Waals surface area contributed by atoms with E-state index in [0.717, 1.165) is 21.4 Å². The fourth-order valence-corrected chi connectivity index (χ4v) is 3.83. The molecular formula is C12H6N2S2. The van der Waals surface area contributed by atoms with Gasteiger partial charge in [-0.25, -0.2) is 0 Å². The van der Waals surface area contributed by atoms with Crippen LogP contribution in [0, 0.1) is 11.3 Å². The van der Waals surface area contributed by atoms with Gasteiger partial charge in [0.2, 0.25) is 0 Å². The summed E-state index contributed by atoms with van der Waals surface area (Å²) in [5.41, 5.74) is 1.79. The van der Waals surface area contributed by atoms with Crippen LogP contribution in [0.25, 0.3) is 19.8 Å². The smallest absolute Gasteiger partial charge is 0.101 e. The zero-order valence-corrected chi connectivity index (χ0v) is 9.81. The van der Waals surface area contributed by atoms with E-state index in [1.807, 2.05) is 23.6 Å². The Kier molecular flexibility index (Phi) is 2.21. The summed E-state index contributed by atoms with van der Waals surface area (Å²) in [5, 5.41) is 12.3. The molecule has 0 unspecified atom stereocenters. The lowest BCUT2D eigenvalue weighted by Gasteiger charge is -1.96. The van der Waals surface area contributed by atoms with Crippen LogP contribution in [-0.4, -0.2) is 4.98 Å². The minimum Gasteiger partial charge on any atom is -0.264 e. The van der Waals surface area contributed by atoms with Gasteiger partial charge in [-0.05, 0) is 17.5 Å². The number of aromatic nitrogens is 1. The van der Waals surface area contributed by atoms with Crippen molar-refractivity contribution in [1.82, 2.24) is 4.98 Å². The highest BCUT2D eigenvalue weighted by molar-refractivity contribution is 7.39. The first-order valence-electron chi connectivity index (χ1n) is 4.70. The molecule has 0 amide bonds. The fourth-order valence-electron chi connectivity index (χ4n) is 1.64. The molecule has 3 heterocycles. The van der Waals surface area contributed by atoms with E-state index in [2.05, 4.69) is 11.1 Å². The van der Waals surface area contributed by atoms with Gasteiger partial charge in [-0.1, -0.05) is 6.07 Å². The molecule has 2 nitrogen and oxygen atoms in total. The molecule has 0 atom stereocenters. The van der Waals surface area contributed by atoms with Gasteiger partial charge in [0.15, 0.2) is 0 Å². The van der Waals surface area contributed by atoms with Crippen LogP contribution in [0.3, 0.4) is 0 Å². The Morgan fingerprint density at radius 2 is 2.25 bits per heavy atom. The van der Waals surface area contributed by atoms with E-state index in [1.165, 1.54) is 4.01 Å². The molecule has 4 heteroatoms. The highest BCUT2D eigenvalue weighted by atomic mass is 32.2. The van der Waals surface area contributed by atoms with Crippen LogP contribution < -0.4 is 0 Å². The van der Waals surface area contributed by atoms with Crippen molar-refractivity contribution in [3.8, 4) is 16.5 Å². The molecule has 0 N–H and O–H groups in total. The number of nitrogens with zero attached hydrogens (tertiary/aromatic N) is 2. The molecule has 0 saturated heterocycles. The summed E-state index contributed by atoms with van der Waals surface area (Å²) in [6.07, 6.45) is 3.54. The third-order valence-electron chi connectivity index (χ3n) is 2.36. The number of fused-ring (bicyclic) bond motifs is 1. The molecule has 3 aromatic heterocycles. The molecule has 3 aromatic rings. The van der Waals surface area contributed by atoms with Crippen molar-refractivity contribution in [3.05, 3.63) is 41.5 Å². The van der Waals surface area contributed by atoms with Gasteiger partial charge in [0.1, 0.15) is 6.07 Å². The van der Waals surface area contributed by atoms with Crippen LogP contribution in [-0.2, 0) is 0 Å². The molecule has 0 aliphatic rings. The fraction of sp³-hybridized carbons (Fsp3) is 0. The predicted octanol–water partition coefficient (Wildman–Crippen LogP) is 3.90. The van der Waals surface area contributed by atoms with Gasteiger partial charge in [0, 0.05) is 23.3 Å². The summed E-state index contributed by atoms with van der Waals surface area (Å²) in [6.45, 7) is 0. The summed E-state index contributed by atoms with van der Waals surface area (Å²) in [6, 6.07) is 8.18. The summed E-state index contributed by atoms with van der Waals surface area (Å²) in [4.78, 5) is 5.12. The summed E-state index contributed by atoms with van der Waals surface area (Å²) in [7, 11) is 0. The quantitative estimate of drug-likeness (QED) is 0.649. The number of thiophene rings is 2. The Bertz CT molecular complexity index is 674. The van der Waals surface area contributed by atoms with Crippen LogP contribution in [0.15, 0.2) is 36.0 Å². The third kappa shape index (κ3) is 1.33. The molecule has 0 fully saturated rings. The third-order valence-corrected chi connectivity index (χ3v) is 4.65. The first kappa shape index (κ1) is 9.52. The van der Waals surface area contributed by atoms with E-state index in [9.17, 15) is 5.26 Å². The Balaban J connectivity index is 2.32. The Hall–Kier alpha value is -1.70. The molecule has 16 heavy (non-hydrogen) atoms. The van der Waals surface area contributed by atoms with Crippen LogP contribution in [0.5, 0.6) is 0 Å². The Morgan fingerprint density at radius 1 is 1.31 bits per heavy atom. The van der Waals surface area contributed by atoms with Crippen molar-refractivity contribution in [2.75, 3.05) is 0 Å². The second-order valence-corrected chi connectivity index (χ2v) is 5.48. The molecule has 3 rings (SSSR count). The monoisotopic (exact) mass is 242 g/mol. The standard InChI is InChI=1S/C12H6N2S2/c13-6-10-9-3-5-15-12(9)16-11(10)8-2-1-4-14-7-8/h1-5,7H. The number of hydrogen-bond acceptors (Lipinski definition) is 4. The average Bonchev–Trinajstić information content (AvgIpc) is 2.89. The molecule has 0 saturated carbocycles. The number of rotatable bonds is 1. The van der Waals surface area contributed by atoms with E-state index in [1.54, 1.807) is 35.1 Å². The SMILES string of the molecule is N#Cc1c(-c2cccnc2)sc2sccc12. The average molecular weight is 242 g/mol. The maximum atomic E-state index is 9.23. The van der Waals surface area contributed by atoms with Crippen LogP contribution in [0.4, 0.5) is 0 Å². The normalized spacial score (nSPS) is 10.4. The van der Waals surface area contributed by atoms with Gasteiger partial charge in [-0.3, -0.25) is 4.98 Å². The first-order valence-corrected chi connectivity index (χ1v) is 6.40. The van der Waals surface area contributed by atoms with Crippen molar-refractivity contribution < 1.29 is 0 Å². The summed E-state index contributed by atoms with van der Waals surface area (Å²) >= 11 is 3.34. The highest BCUT2D eigenvalue weighted by Gasteiger charge is 2.14. The highest BCUT2D eigenvalue weighted by Crippen LogP contribution is 2.40. The molecule has 76 valence electrons. The molecule has 0 radical (unpaired) electrons. The Morgan fingerprint density at radius 3 is 3.00 bits per heavy atom. The second-order valence-electron chi connectivity index (χ2n) is 3.28. The van der Waals surface area contributed by atoms with Crippen molar-refractivity contribution in [2.24, 2.45) is 0 Å². The van der Waals surface area contributed by atoms with Crippen molar-refractivity contribution in [2.45, 2.75) is 0 Å². The van der Waals surface area contributed by atoms with Crippen LogP contribution in [0.1, 0.15) is 5.56 Å². The second kappa shape index (κ2) is 3.71. The number of nitriles is 1. The number of hydrogen-bond donors (Lipinski definition) is 0. The van der Waals surface area contributed by atoms with Crippen molar-refractivity contribution >= 4 is 32.1 Å². The van der Waals surface area contributed by atoms with Gasteiger partial charge >= 0.3 is 0 Å². The van der Waals surface area contributed by atoms with Gasteiger partial charge in [0.05, 0.1) is 14.5 Å². The minimum atomic E-state index is 0.772. The van der Waals surface area contributed by atoms with E-state index < -0.39 is 0 Å². The van der Waals surface area contributed by atoms with E-state index in [-0.39, 0.29) is 0 Å². The van der Waals surface area contributed by atoms with Gasteiger partial charge < -0.3 is 0 Å². The van der Waals surface area contributed by atoms with Crippen LogP contribution >= 0.6 is 22.7 Å². The number of pyridine rings is 1. The van der Waals surface area contributed by atoms with E-state index in [4.69, 9.17) is 0 Å². The molecular weight excluding hydrogens is 236 g/mol. The topological polar surface area (TPSA) is 36.7 Å². The van der Waals surface area contributed by atoms with Crippen molar-refractivity contribution in [1.29, 1.82) is 5.26 Å². The Labute approximate surface area is 100 Å². The molecule has 0 aliphatic heterocycles. The van der Waals surface area contributed by atoms with E-state index in [0.29, 0.717) is 0 Å². The van der Waals surface area contributed by atoms with Crippen LogP contribution in [0.2, 0.25) is 0 Å². The molecule has 0 aromatic carbocycles. The minimum absolute atomic E-state index is 0.772. The van der Waals surface area contributed by atoms with Gasteiger partial charge in [-0.2, -0.15) is 5.26 Å². The molecule has 0 bridgehead atoms. The zero-order valence-electron chi connectivity index (χ0n) is 8.18. The molecule has 0 aliphatic carbocycles. The maximum Gasteiger partial charge on any atom is 0.101 e. The van der Waals surface area contributed by atoms with Gasteiger partial charge in [-0.15, -0.1) is 22.7 Å². The summed E-state index contributed by atoms with van der Waals surface area (Å²) in [5.74, 6) is 0. The lowest BCUT2D eigenvalue weighted by atomic mass is 10.1. The van der Waals surface area contributed by atoms with Gasteiger partial charge in [0.25, 0.3) is 0 Å². The maximum absolute atomic E-state index is 9.23. The lowest BCUT2D eigenvalue weighted by Crippen LogP contribution is -1.78. The van der Waals surface area contributed by atoms with Crippen molar-refractivity contribution in [3.63, 3.8) is 0 Å². The molecule has 0 spiro atoms. The zero-order chi connectivity index (χ0) is 11.0. The largest absolute Gasteiger partial charge is 0.264 e. The first-order chi connectivity index (χ1) is 7.90. The lowest BCUT2D eigenvalue weighted by molar-refractivity contribution is 1.33. The predicted molar refractivity (Wildman–Crippen MR) is 67.6 cm³/mol.